The molecule has 2 atom stereocenters. The quantitative estimate of drug-likeness (QED) is 0.503. The SMILES string of the molecule is O=C(O)C1CCC(N2CC(CCCB(O)O)C(C(=O)O)C2)CC1. The molecule has 0 amide bonds. The molecule has 2 fully saturated rings. The van der Waals surface area contributed by atoms with Crippen LogP contribution in [0.4, 0.5) is 0 Å². The molecule has 4 N–H and O–H groups in total. The Hall–Kier alpha value is -1.12. The summed E-state index contributed by atoms with van der Waals surface area (Å²) in [7, 11) is -1.33. The first-order valence-electron chi connectivity index (χ1n) is 8.44. The van der Waals surface area contributed by atoms with Crippen molar-refractivity contribution >= 4 is 19.1 Å². The number of hydrogen-bond acceptors (Lipinski definition) is 5. The van der Waals surface area contributed by atoms with E-state index in [4.69, 9.17) is 15.2 Å². The summed E-state index contributed by atoms with van der Waals surface area (Å²) in [6, 6.07) is 0.279. The second-order valence-electron chi connectivity index (χ2n) is 6.91. The van der Waals surface area contributed by atoms with E-state index in [1.165, 1.54) is 0 Å². The molecular weight excluding hydrogens is 301 g/mol. The number of hydrogen-bond donors (Lipinski definition) is 4. The minimum atomic E-state index is -1.33. The lowest BCUT2D eigenvalue weighted by molar-refractivity contribution is -0.143. The zero-order chi connectivity index (χ0) is 17.0. The van der Waals surface area contributed by atoms with Crippen LogP contribution in [0, 0.1) is 17.8 Å². The van der Waals surface area contributed by atoms with Crippen molar-refractivity contribution in [1.82, 2.24) is 4.90 Å². The predicted molar refractivity (Wildman–Crippen MR) is 83.8 cm³/mol. The van der Waals surface area contributed by atoms with Gasteiger partial charge in [-0.25, -0.2) is 0 Å². The summed E-state index contributed by atoms with van der Waals surface area (Å²) < 4.78 is 0. The van der Waals surface area contributed by atoms with Gasteiger partial charge in [0, 0.05) is 19.1 Å². The third-order valence-corrected chi connectivity index (χ3v) is 5.39. The summed E-state index contributed by atoms with van der Waals surface area (Å²) in [6.45, 7) is 1.23. The summed E-state index contributed by atoms with van der Waals surface area (Å²) in [5.41, 5.74) is 0. The lowest BCUT2D eigenvalue weighted by atomic mass is 9.80. The lowest BCUT2D eigenvalue weighted by Gasteiger charge is -2.33. The molecule has 23 heavy (non-hydrogen) atoms. The highest BCUT2D eigenvalue weighted by Crippen LogP contribution is 2.35. The molecule has 0 spiro atoms. The smallest absolute Gasteiger partial charge is 0.451 e. The summed E-state index contributed by atoms with van der Waals surface area (Å²) in [6.07, 6.45) is 4.50. The van der Waals surface area contributed by atoms with Crippen molar-refractivity contribution in [3.05, 3.63) is 0 Å². The van der Waals surface area contributed by atoms with Gasteiger partial charge in [-0.2, -0.15) is 0 Å². The molecule has 2 aliphatic rings. The zero-order valence-electron chi connectivity index (χ0n) is 13.3. The molecule has 0 radical (unpaired) electrons. The number of carboxylic acid groups (broad SMARTS) is 2. The van der Waals surface area contributed by atoms with Gasteiger partial charge in [-0.05, 0) is 44.3 Å². The first-order valence-corrected chi connectivity index (χ1v) is 8.44. The fourth-order valence-electron chi connectivity index (χ4n) is 4.03. The van der Waals surface area contributed by atoms with E-state index in [2.05, 4.69) is 4.90 Å². The Bertz CT molecular complexity index is 424. The van der Waals surface area contributed by atoms with Crippen LogP contribution in [0.1, 0.15) is 38.5 Å². The van der Waals surface area contributed by atoms with Crippen molar-refractivity contribution in [3.63, 3.8) is 0 Å². The third-order valence-electron chi connectivity index (χ3n) is 5.39. The number of carboxylic acids is 2. The van der Waals surface area contributed by atoms with Gasteiger partial charge in [0.2, 0.25) is 0 Å². The van der Waals surface area contributed by atoms with Crippen molar-refractivity contribution in [2.24, 2.45) is 17.8 Å². The Balaban J connectivity index is 1.87. The number of rotatable bonds is 7. The van der Waals surface area contributed by atoms with E-state index in [1.54, 1.807) is 0 Å². The molecule has 0 bridgehead atoms. The number of nitrogens with zero attached hydrogens (tertiary/aromatic N) is 1. The van der Waals surface area contributed by atoms with Gasteiger partial charge >= 0.3 is 19.1 Å². The first-order chi connectivity index (χ1) is 10.9. The van der Waals surface area contributed by atoms with Crippen molar-refractivity contribution in [2.45, 2.75) is 50.9 Å². The lowest BCUT2D eigenvalue weighted by Crippen LogP contribution is -2.38. The molecule has 1 saturated heterocycles. The van der Waals surface area contributed by atoms with E-state index < -0.39 is 25.0 Å². The fourth-order valence-corrected chi connectivity index (χ4v) is 4.03. The van der Waals surface area contributed by atoms with Crippen molar-refractivity contribution < 1.29 is 29.9 Å². The van der Waals surface area contributed by atoms with E-state index in [9.17, 15) is 14.7 Å². The van der Waals surface area contributed by atoms with Gasteiger partial charge in [0.05, 0.1) is 11.8 Å². The molecular formula is C15H26BNO6. The van der Waals surface area contributed by atoms with E-state index in [-0.39, 0.29) is 24.2 Å². The highest BCUT2D eigenvalue weighted by Gasteiger charge is 2.41. The maximum atomic E-state index is 11.5. The Morgan fingerprint density at radius 2 is 1.65 bits per heavy atom. The predicted octanol–water partition coefficient (Wildman–Crippen LogP) is 0.515. The van der Waals surface area contributed by atoms with Crippen LogP contribution in [0.3, 0.4) is 0 Å². The highest BCUT2D eigenvalue weighted by atomic mass is 16.4. The van der Waals surface area contributed by atoms with Crippen LogP contribution in [-0.2, 0) is 9.59 Å². The maximum absolute atomic E-state index is 11.5. The van der Waals surface area contributed by atoms with E-state index >= 15 is 0 Å². The minimum Gasteiger partial charge on any atom is -0.481 e. The van der Waals surface area contributed by atoms with Crippen LogP contribution in [0.5, 0.6) is 0 Å². The molecule has 1 saturated carbocycles. The zero-order valence-corrected chi connectivity index (χ0v) is 13.3. The van der Waals surface area contributed by atoms with Gasteiger partial charge in [-0.15, -0.1) is 0 Å². The Labute approximate surface area is 136 Å². The van der Waals surface area contributed by atoms with E-state index in [0.29, 0.717) is 38.8 Å². The summed E-state index contributed by atoms with van der Waals surface area (Å²) >= 11 is 0. The molecule has 7 nitrogen and oxygen atoms in total. The van der Waals surface area contributed by atoms with Gasteiger partial charge < -0.3 is 20.3 Å². The number of aliphatic carboxylic acids is 2. The Kier molecular flexibility index (Phi) is 6.44. The topological polar surface area (TPSA) is 118 Å². The average molecular weight is 327 g/mol. The van der Waals surface area contributed by atoms with Gasteiger partial charge in [0.25, 0.3) is 0 Å². The number of likely N-dealkylation sites (tertiary alicyclic amines) is 1. The second-order valence-corrected chi connectivity index (χ2v) is 6.91. The van der Waals surface area contributed by atoms with Crippen molar-refractivity contribution in [1.29, 1.82) is 0 Å². The first kappa shape index (κ1) is 18.2. The molecule has 2 unspecified atom stereocenters. The van der Waals surface area contributed by atoms with Gasteiger partial charge in [0.1, 0.15) is 0 Å². The molecule has 1 aliphatic heterocycles. The normalized spacial score (nSPS) is 31.9. The van der Waals surface area contributed by atoms with Crippen molar-refractivity contribution in [3.8, 4) is 0 Å². The van der Waals surface area contributed by atoms with Gasteiger partial charge in [-0.1, -0.05) is 6.42 Å². The summed E-state index contributed by atoms with van der Waals surface area (Å²) in [5, 5.41) is 36.3. The fraction of sp³-hybridized carbons (Fsp3) is 0.867. The average Bonchev–Trinajstić information content (AvgIpc) is 2.91. The van der Waals surface area contributed by atoms with Crippen LogP contribution in [-0.4, -0.2) is 63.3 Å². The van der Waals surface area contributed by atoms with Crippen LogP contribution in [0.15, 0.2) is 0 Å². The molecule has 0 aromatic carbocycles. The van der Waals surface area contributed by atoms with Crippen LogP contribution < -0.4 is 0 Å². The number of carbonyl (C=O) groups is 2. The summed E-state index contributed by atoms with van der Waals surface area (Å²) in [5.74, 6) is -2.16. The second kappa shape index (κ2) is 8.12. The molecule has 1 heterocycles. The van der Waals surface area contributed by atoms with Crippen LogP contribution in [0.25, 0.3) is 0 Å². The summed E-state index contributed by atoms with van der Waals surface area (Å²) in [4.78, 5) is 24.7. The minimum absolute atomic E-state index is 0.0310. The Morgan fingerprint density at radius 3 is 2.17 bits per heavy atom. The van der Waals surface area contributed by atoms with Crippen LogP contribution in [0.2, 0.25) is 6.32 Å². The molecule has 2 rings (SSSR count). The van der Waals surface area contributed by atoms with Gasteiger partial charge in [0.15, 0.2) is 0 Å². The molecule has 8 heteroatoms. The van der Waals surface area contributed by atoms with Crippen LogP contribution >= 0.6 is 0 Å². The maximum Gasteiger partial charge on any atom is 0.451 e. The highest BCUT2D eigenvalue weighted by molar-refractivity contribution is 6.40. The van der Waals surface area contributed by atoms with Gasteiger partial charge in [-0.3, -0.25) is 14.5 Å². The van der Waals surface area contributed by atoms with E-state index in [0.717, 1.165) is 12.8 Å². The standard InChI is InChI=1S/C15H26BNO6/c18-14(19)10-3-5-12(6-4-10)17-8-11(2-1-7-16(22)23)13(9-17)15(20)21/h10-13,22-23H,1-9H2,(H,18,19)(H,20,21). The van der Waals surface area contributed by atoms with E-state index in [1.807, 2.05) is 0 Å². The molecule has 0 aromatic rings. The third kappa shape index (κ3) is 4.93. The Morgan fingerprint density at radius 1 is 1.00 bits per heavy atom. The molecule has 0 aromatic heterocycles. The van der Waals surface area contributed by atoms with Crippen molar-refractivity contribution in [2.75, 3.05) is 13.1 Å². The molecule has 1 aliphatic carbocycles. The molecule has 130 valence electrons. The largest absolute Gasteiger partial charge is 0.481 e. The monoisotopic (exact) mass is 327 g/mol.